The fourth-order valence-electron chi connectivity index (χ4n) is 13.4. The summed E-state index contributed by atoms with van der Waals surface area (Å²) in [7, 11) is 0. The van der Waals surface area contributed by atoms with Gasteiger partial charge in [0.15, 0.2) is 0 Å². The number of benzene rings is 14. The van der Waals surface area contributed by atoms with Gasteiger partial charge in [-0.1, -0.05) is 281 Å². The van der Waals surface area contributed by atoms with E-state index in [1.165, 1.54) is 154 Å². The second-order valence-electron chi connectivity index (χ2n) is 21.8. The van der Waals surface area contributed by atoms with E-state index in [1.54, 1.807) is 0 Å². The van der Waals surface area contributed by atoms with Gasteiger partial charge in [0.25, 0.3) is 0 Å². The highest BCUT2D eigenvalue weighted by atomic mass is 14.4. The first-order chi connectivity index (χ1) is 39.0. The van der Waals surface area contributed by atoms with Crippen LogP contribution in [0.15, 0.2) is 291 Å². The average molecular weight is 1000 g/mol. The molecule has 79 heavy (non-hydrogen) atoms. The van der Waals surface area contributed by atoms with Gasteiger partial charge in [0.05, 0.1) is 0 Å². The zero-order valence-corrected chi connectivity index (χ0v) is 44.2. The van der Waals surface area contributed by atoms with E-state index in [4.69, 9.17) is 0 Å². The molecule has 0 bridgehead atoms. The van der Waals surface area contributed by atoms with E-state index in [2.05, 4.69) is 305 Å². The summed E-state index contributed by atoms with van der Waals surface area (Å²) in [6.07, 6.45) is 0. The highest BCUT2D eigenvalue weighted by molar-refractivity contribution is 6.25. The molecule has 14 aromatic rings. The van der Waals surface area contributed by atoms with Crippen LogP contribution >= 0.6 is 0 Å². The Morgan fingerprint density at radius 1 is 0.177 bits per heavy atom. The third kappa shape index (κ3) is 7.59. The van der Waals surface area contributed by atoms with E-state index < -0.39 is 0 Å². The molecular formula is C79H54. The molecule has 0 saturated carbocycles. The van der Waals surface area contributed by atoms with Gasteiger partial charge >= 0.3 is 0 Å². The summed E-state index contributed by atoms with van der Waals surface area (Å²) < 4.78 is 0. The molecule has 0 N–H and O–H groups in total. The van der Waals surface area contributed by atoms with Crippen LogP contribution in [0.2, 0.25) is 0 Å². The number of hydrogen-bond donors (Lipinski definition) is 0. The molecule has 1 aliphatic rings. The molecule has 14 aromatic carbocycles. The van der Waals surface area contributed by atoms with Crippen molar-refractivity contribution in [1.29, 1.82) is 0 Å². The van der Waals surface area contributed by atoms with Gasteiger partial charge in [-0.05, 0) is 179 Å². The quantitative estimate of drug-likeness (QED) is 0.133. The lowest BCUT2D eigenvalue weighted by Crippen LogP contribution is -2.15. The first kappa shape index (κ1) is 46.4. The van der Waals surface area contributed by atoms with Crippen molar-refractivity contribution >= 4 is 43.1 Å². The predicted octanol–water partition coefficient (Wildman–Crippen LogP) is 21.9. The van der Waals surface area contributed by atoms with Crippen LogP contribution in [0.1, 0.15) is 25.0 Å². The summed E-state index contributed by atoms with van der Waals surface area (Å²) >= 11 is 0. The summed E-state index contributed by atoms with van der Waals surface area (Å²) in [6.45, 7) is 4.83. The molecule has 0 atom stereocenters. The summed E-state index contributed by atoms with van der Waals surface area (Å²) in [5.41, 5.74) is 24.8. The lowest BCUT2D eigenvalue weighted by molar-refractivity contribution is 0.661. The van der Waals surface area contributed by atoms with E-state index in [1.807, 2.05) is 0 Å². The number of hydrogen-bond acceptors (Lipinski definition) is 0. The summed E-state index contributed by atoms with van der Waals surface area (Å²) in [5, 5.41) is 10.0. The predicted molar refractivity (Wildman–Crippen MR) is 338 cm³/mol. The Bertz CT molecular complexity index is 4700. The molecule has 0 nitrogen and oxygen atoms in total. The Morgan fingerprint density at radius 2 is 0.456 bits per heavy atom. The second-order valence-corrected chi connectivity index (χ2v) is 21.8. The van der Waals surface area contributed by atoms with Gasteiger partial charge in [0.1, 0.15) is 0 Å². The van der Waals surface area contributed by atoms with Crippen LogP contribution in [0.4, 0.5) is 0 Å². The molecule has 0 aliphatic heterocycles. The van der Waals surface area contributed by atoms with Crippen molar-refractivity contribution in [2.75, 3.05) is 0 Å². The molecular weight excluding hydrogens is 949 g/mol. The van der Waals surface area contributed by atoms with Gasteiger partial charge < -0.3 is 0 Å². The topological polar surface area (TPSA) is 0 Å². The summed E-state index contributed by atoms with van der Waals surface area (Å²) in [5.74, 6) is 0. The van der Waals surface area contributed by atoms with E-state index in [0.29, 0.717) is 0 Å². The fraction of sp³-hybridized carbons (Fsp3) is 0.0380. The molecule has 0 radical (unpaired) electrons. The van der Waals surface area contributed by atoms with Crippen molar-refractivity contribution in [3.63, 3.8) is 0 Å². The molecule has 1 aliphatic carbocycles. The van der Waals surface area contributed by atoms with E-state index in [0.717, 1.165) is 0 Å². The van der Waals surface area contributed by atoms with Gasteiger partial charge in [-0.3, -0.25) is 0 Å². The summed E-state index contributed by atoms with van der Waals surface area (Å²) in [4.78, 5) is 0. The first-order valence-corrected chi connectivity index (χ1v) is 27.7. The van der Waals surface area contributed by atoms with Crippen molar-refractivity contribution < 1.29 is 0 Å². The Kier molecular flexibility index (Phi) is 11.0. The molecule has 0 saturated heterocycles. The minimum absolute atomic E-state index is 0.249. The van der Waals surface area contributed by atoms with Gasteiger partial charge in [-0.2, -0.15) is 0 Å². The third-order valence-electron chi connectivity index (χ3n) is 17.1. The molecule has 0 aromatic heterocycles. The van der Waals surface area contributed by atoms with E-state index in [9.17, 15) is 0 Å². The third-order valence-corrected chi connectivity index (χ3v) is 17.1. The van der Waals surface area contributed by atoms with E-state index in [-0.39, 0.29) is 5.41 Å². The maximum Gasteiger partial charge on any atom is 0.0159 e. The molecule has 0 unspecified atom stereocenters. The highest BCUT2D eigenvalue weighted by Crippen LogP contribution is 2.53. The zero-order valence-electron chi connectivity index (χ0n) is 44.2. The van der Waals surface area contributed by atoms with Crippen LogP contribution in [-0.4, -0.2) is 0 Å². The van der Waals surface area contributed by atoms with Crippen LogP contribution in [0.3, 0.4) is 0 Å². The lowest BCUT2D eigenvalue weighted by atomic mass is 9.80. The van der Waals surface area contributed by atoms with Crippen LogP contribution in [0.5, 0.6) is 0 Å². The van der Waals surface area contributed by atoms with Crippen molar-refractivity contribution in [3.8, 4) is 100 Å². The zero-order chi connectivity index (χ0) is 52.6. The molecule has 370 valence electrons. The second kappa shape index (κ2) is 18.7. The van der Waals surface area contributed by atoms with Crippen molar-refractivity contribution in [2.45, 2.75) is 19.3 Å². The van der Waals surface area contributed by atoms with Gasteiger partial charge in [-0.15, -0.1) is 0 Å². The maximum atomic E-state index is 2.48. The minimum atomic E-state index is -0.249. The van der Waals surface area contributed by atoms with E-state index >= 15 is 0 Å². The average Bonchev–Trinajstić information content (AvgIpc) is 4.02. The number of rotatable bonds is 8. The molecule has 0 heterocycles. The number of fused-ring (bicyclic) bond motifs is 7. The monoisotopic (exact) mass is 1000 g/mol. The van der Waals surface area contributed by atoms with Crippen molar-refractivity contribution in [1.82, 2.24) is 0 Å². The highest BCUT2D eigenvalue weighted by Gasteiger charge is 2.36. The molecule has 15 rings (SSSR count). The fourth-order valence-corrected chi connectivity index (χ4v) is 13.4. The van der Waals surface area contributed by atoms with Gasteiger partial charge in [0, 0.05) is 5.41 Å². The van der Waals surface area contributed by atoms with Crippen LogP contribution in [0.25, 0.3) is 143 Å². The maximum absolute atomic E-state index is 2.48. The first-order valence-electron chi connectivity index (χ1n) is 27.7. The molecule has 0 spiro atoms. The SMILES string of the molecule is CC1(C)c2cc(-c3ccc4c(-c5ccccc5)c5ccccc5c(-c5ccccc5)c4c3)ccc2-c2ccc(-c3ccc4c(-c5ccccc5-c5ccccc5)c5ccccc5c(-c5ccccc5-c5ccccc5)c4c3)cc21. The van der Waals surface area contributed by atoms with Crippen molar-refractivity contribution in [2.24, 2.45) is 0 Å². The van der Waals surface area contributed by atoms with Crippen LogP contribution in [0, 0.1) is 0 Å². The standard InChI is InChI=1S/C79H54/c1-79(2)73-49-57(55-41-45-69-71(47-55)76(54-29-13-6-14-30-54)66-36-20-19-35-65(66)75(69)53-27-11-5-12-28-53)39-43-61(73)62-44-40-58(50-74(62)79)56-42-46-70-72(48-56)78(64-34-18-16-32-60(64)52-25-9-4-10-26-52)68-38-22-21-37-67(68)77(70)63-33-17-15-31-59(63)51-23-7-3-8-24-51/h3-50H,1-2H3. The molecule has 0 fully saturated rings. The van der Waals surface area contributed by atoms with Crippen LogP contribution in [-0.2, 0) is 5.41 Å². The minimum Gasteiger partial charge on any atom is -0.0622 e. The van der Waals surface area contributed by atoms with Gasteiger partial charge in [-0.25, -0.2) is 0 Å². The molecule has 0 heteroatoms. The Morgan fingerprint density at radius 3 is 0.886 bits per heavy atom. The molecule has 0 amide bonds. The normalized spacial score (nSPS) is 12.5. The van der Waals surface area contributed by atoms with Crippen LogP contribution < -0.4 is 0 Å². The van der Waals surface area contributed by atoms with Crippen molar-refractivity contribution in [3.05, 3.63) is 302 Å². The Hall–Kier alpha value is -9.88. The summed E-state index contributed by atoms with van der Waals surface area (Å²) in [6, 6.07) is 108. The lowest BCUT2D eigenvalue weighted by Gasteiger charge is -2.23. The Labute approximate surface area is 462 Å². The van der Waals surface area contributed by atoms with Gasteiger partial charge in [0.2, 0.25) is 0 Å². The Balaban J connectivity index is 0.889. The largest absolute Gasteiger partial charge is 0.0622 e. The smallest absolute Gasteiger partial charge is 0.0159 e.